The summed E-state index contributed by atoms with van der Waals surface area (Å²) in [5.41, 5.74) is 0. The third kappa shape index (κ3) is 1.49. The molecule has 0 aromatic carbocycles. The first kappa shape index (κ1) is 8.42. The number of nitrogens with zero attached hydrogens (tertiary/aromatic N) is 1. The molecular formula is C7H10BrNS. The Morgan fingerprint density at radius 1 is 1.80 bits per heavy atom. The van der Waals surface area contributed by atoms with E-state index in [1.807, 2.05) is 11.8 Å². The average Bonchev–Trinajstić information content (AvgIpc) is 1.96. The van der Waals surface area contributed by atoms with Crippen molar-refractivity contribution in [2.75, 3.05) is 5.75 Å². The topological polar surface area (TPSA) is 23.8 Å². The minimum absolute atomic E-state index is 0.240. The van der Waals surface area contributed by atoms with Crippen molar-refractivity contribution in [1.29, 1.82) is 5.26 Å². The number of halogens is 1. The lowest BCUT2D eigenvalue weighted by atomic mass is 10.0. The maximum absolute atomic E-state index is 8.81. The molecule has 1 heterocycles. The van der Waals surface area contributed by atoms with Gasteiger partial charge in [-0.15, -0.1) is 0 Å². The van der Waals surface area contributed by atoms with Gasteiger partial charge in [-0.25, -0.2) is 0 Å². The fourth-order valence-corrected chi connectivity index (χ4v) is 2.85. The Labute approximate surface area is 74.3 Å². The quantitative estimate of drug-likeness (QED) is 0.586. The SMILES string of the molecule is CC1SCCCC1(Br)C#N. The monoisotopic (exact) mass is 219 g/mol. The zero-order chi connectivity index (χ0) is 7.61. The fourth-order valence-electron chi connectivity index (χ4n) is 1.07. The molecule has 1 aliphatic heterocycles. The molecule has 0 aliphatic carbocycles. The van der Waals surface area contributed by atoms with Gasteiger partial charge >= 0.3 is 0 Å². The highest BCUT2D eigenvalue weighted by Crippen LogP contribution is 2.39. The van der Waals surface area contributed by atoms with Gasteiger partial charge in [-0.2, -0.15) is 17.0 Å². The number of hydrogen-bond donors (Lipinski definition) is 0. The standard InChI is InChI=1S/C7H10BrNS/c1-6-7(8,5-9)3-2-4-10-6/h6H,2-4H2,1H3. The van der Waals surface area contributed by atoms with E-state index < -0.39 is 0 Å². The van der Waals surface area contributed by atoms with Gasteiger partial charge in [0, 0.05) is 5.25 Å². The van der Waals surface area contributed by atoms with Crippen LogP contribution >= 0.6 is 27.7 Å². The molecule has 2 unspecified atom stereocenters. The van der Waals surface area contributed by atoms with E-state index in [9.17, 15) is 0 Å². The van der Waals surface area contributed by atoms with Crippen molar-refractivity contribution in [3.63, 3.8) is 0 Å². The van der Waals surface area contributed by atoms with Crippen LogP contribution in [-0.4, -0.2) is 15.3 Å². The summed E-state index contributed by atoms with van der Waals surface area (Å²) >= 11 is 5.36. The van der Waals surface area contributed by atoms with Crippen molar-refractivity contribution in [2.24, 2.45) is 0 Å². The van der Waals surface area contributed by atoms with Crippen molar-refractivity contribution >= 4 is 27.7 Å². The first-order valence-electron chi connectivity index (χ1n) is 3.41. The molecule has 10 heavy (non-hydrogen) atoms. The Balaban J connectivity index is 2.65. The maximum atomic E-state index is 8.81. The second-order valence-corrected chi connectivity index (χ2v) is 5.45. The summed E-state index contributed by atoms with van der Waals surface area (Å²) < 4.78 is -0.240. The van der Waals surface area contributed by atoms with Gasteiger partial charge in [-0.3, -0.25) is 0 Å². The van der Waals surface area contributed by atoms with Crippen LogP contribution in [-0.2, 0) is 0 Å². The van der Waals surface area contributed by atoms with Crippen molar-refractivity contribution < 1.29 is 0 Å². The highest BCUT2D eigenvalue weighted by Gasteiger charge is 2.36. The molecule has 3 heteroatoms. The molecule has 1 fully saturated rings. The molecule has 1 nitrogen and oxygen atoms in total. The summed E-state index contributed by atoms with van der Waals surface area (Å²) in [5, 5.41) is 9.25. The molecule has 0 aromatic heterocycles. The number of alkyl halides is 1. The van der Waals surface area contributed by atoms with Crippen molar-refractivity contribution in [3.05, 3.63) is 0 Å². The second kappa shape index (κ2) is 3.15. The first-order chi connectivity index (χ1) is 4.69. The lowest BCUT2D eigenvalue weighted by Gasteiger charge is -2.30. The van der Waals surface area contributed by atoms with Gasteiger partial charge in [0.1, 0.15) is 4.32 Å². The van der Waals surface area contributed by atoms with Crippen molar-refractivity contribution in [3.8, 4) is 6.07 Å². The maximum Gasteiger partial charge on any atom is 0.123 e. The smallest absolute Gasteiger partial charge is 0.123 e. The summed E-state index contributed by atoms with van der Waals surface area (Å²) in [7, 11) is 0. The highest BCUT2D eigenvalue weighted by molar-refractivity contribution is 9.10. The fraction of sp³-hybridized carbons (Fsp3) is 0.857. The Bertz CT molecular complexity index is 165. The molecule has 0 aromatic rings. The van der Waals surface area contributed by atoms with Gasteiger partial charge in [0.2, 0.25) is 0 Å². The first-order valence-corrected chi connectivity index (χ1v) is 5.25. The predicted molar refractivity (Wildman–Crippen MR) is 48.4 cm³/mol. The van der Waals surface area contributed by atoms with Crippen LogP contribution in [0.5, 0.6) is 0 Å². The third-order valence-electron chi connectivity index (χ3n) is 1.88. The highest BCUT2D eigenvalue weighted by atomic mass is 79.9. The molecule has 1 aliphatic rings. The van der Waals surface area contributed by atoms with E-state index in [2.05, 4.69) is 28.9 Å². The van der Waals surface area contributed by atoms with Gasteiger partial charge in [0.15, 0.2) is 0 Å². The van der Waals surface area contributed by atoms with Crippen LogP contribution < -0.4 is 0 Å². The number of nitriles is 1. The molecule has 0 spiro atoms. The predicted octanol–water partition coefficient (Wildman–Crippen LogP) is 2.56. The van der Waals surface area contributed by atoms with E-state index in [0.29, 0.717) is 5.25 Å². The van der Waals surface area contributed by atoms with Gasteiger partial charge in [0.05, 0.1) is 6.07 Å². The van der Waals surface area contributed by atoms with E-state index in [0.717, 1.165) is 12.8 Å². The number of thioether (sulfide) groups is 1. The van der Waals surface area contributed by atoms with E-state index in [1.54, 1.807) is 0 Å². The average molecular weight is 220 g/mol. The largest absolute Gasteiger partial charge is 0.197 e. The minimum atomic E-state index is -0.240. The Hall–Kier alpha value is 0.320. The Morgan fingerprint density at radius 2 is 2.50 bits per heavy atom. The molecule has 0 saturated carbocycles. The molecule has 56 valence electrons. The Kier molecular flexibility index (Phi) is 2.65. The van der Waals surface area contributed by atoms with Crippen LogP contribution in [0.1, 0.15) is 19.8 Å². The molecule has 1 rings (SSSR count). The molecule has 1 saturated heterocycles. The van der Waals surface area contributed by atoms with Gasteiger partial charge in [-0.1, -0.05) is 22.9 Å². The number of rotatable bonds is 0. The molecular weight excluding hydrogens is 210 g/mol. The van der Waals surface area contributed by atoms with Crippen LogP contribution in [0.25, 0.3) is 0 Å². The van der Waals surface area contributed by atoms with E-state index in [-0.39, 0.29) is 4.32 Å². The van der Waals surface area contributed by atoms with Crippen molar-refractivity contribution in [2.45, 2.75) is 29.3 Å². The molecule has 0 N–H and O–H groups in total. The van der Waals surface area contributed by atoms with Crippen LogP contribution in [0, 0.1) is 11.3 Å². The summed E-state index contributed by atoms with van der Waals surface area (Å²) in [6.45, 7) is 2.11. The molecule has 0 bridgehead atoms. The van der Waals surface area contributed by atoms with E-state index >= 15 is 0 Å². The van der Waals surface area contributed by atoms with Crippen LogP contribution in [0.2, 0.25) is 0 Å². The van der Waals surface area contributed by atoms with Crippen LogP contribution in [0.15, 0.2) is 0 Å². The molecule has 2 atom stereocenters. The van der Waals surface area contributed by atoms with E-state index in [4.69, 9.17) is 5.26 Å². The minimum Gasteiger partial charge on any atom is -0.197 e. The third-order valence-corrected chi connectivity index (χ3v) is 4.87. The summed E-state index contributed by atoms with van der Waals surface area (Å²) in [4.78, 5) is 0. The lowest BCUT2D eigenvalue weighted by molar-refractivity contribution is 0.627. The van der Waals surface area contributed by atoms with Gasteiger partial charge in [-0.05, 0) is 18.6 Å². The Morgan fingerprint density at radius 3 is 2.90 bits per heavy atom. The summed E-state index contributed by atoms with van der Waals surface area (Å²) in [5.74, 6) is 1.20. The zero-order valence-electron chi connectivity index (χ0n) is 5.93. The normalized spacial score (nSPS) is 40.7. The van der Waals surface area contributed by atoms with E-state index in [1.165, 1.54) is 5.75 Å². The van der Waals surface area contributed by atoms with Gasteiger partial charge in [0.25, 0.3) is 0 Å². The van der Waals surface area contributed by atoms with Crippen LogP contribution in [0.3, 0.4) is 0 Å². The van der Waals surface area contributed by atoms with Crippen LogP contribution in [0.4, 0.5) is 0 Å². The van der Waals surface area contributed by atoms with Gasteiger partial charge < -0.3 is 0 Å². The zero-order valence-corrected chi connectivity index (χ0v) is 8.33. The lowest BCUT2D eigenvalue weighted by Crippen LogP contribution is -2.33. The summed E-state index contributed by atoms with van der Waals surface area (Å²) in [6, 6.07) is 2.33. The number of hydrogen-bond acceptors (Lipinski definition) is 2. The van der Waals surface area contributed by atoms with Crippen molar-refractivity contribution in [1.82, 2.24) is 0 Å². The molecule has 0 amide bonds. The second-order valence-electron chi connectivity index (χ2n) is 2.59. The summed E-state index contributed by atoms with van der Waals surface area (Å²) in [6.07, 6.45) is 2.16. The molecule has 0 radical (unpaired) electrons.